The molecule has 0 amide bonds. The Morgan fingerprint density at radius 1 is 1.59 bits per heavy atom. The molecule has 5 heteroatoms. The Kier molecular flexibility index (Phi) is 3.54. The quantitative estimate of drug-likeness (QED) is 0.837. The molecule has 0 bridgehead atoms. The van der Waals surface area contributed by atoms with Gasteiger partial charge in [-0.1, -0.05) is 17.7 Å². The lowest BCUT2D eigenvalue weighted by atomic mass is 10.1. The van der Waals surface area contributed by atoms with Gasteiger partial charge in [-0.25, -0.2) is 4.79 Å². The molecule has 0 unspecified atom stereocenters. The van der Waals surface area contributed by atoms with Crippen molar-refractivity contribution in [3.05, 3.63) is 33.0 Å². The first kappa shape index (κ1) is 12.2. The highest BCUT2D eigenvalue weighted by Gasteiger charge is 2.17. The van der Waals surface area contributed by atoms with Crippen LogP contribution in [0.15, 0.2) is 23.3 Å². The molecule has 0 saturated carbocycles. The largest absolute Gasteiger partial charge is 0.465 e. The highest BCUT2D eigenvalue weighted by molar-refractivity contribution is 7.15. The van der Waals surface area contributed by atoms with Crippen molar-refractivity contribution in [1.29, 1.82) is 0 Å². The van der Waals surface area contributed by atoms with Crippen LogP contribution in [0.25, 0.3) is 5.57 Å². The Morgan fingerprint density at radius 2 is 2.35 bits per heavy atom. The third-order valence-corrected chi connectivity index (χ3v) is 3.95. The Hall–Kier alpha value is -1.26. The molecule has 3 nitrogen and oxygen atoms in total. The van der Waals surface area contributed by atoms with Gasteiger partial charge < -0.3 is 10.5 Å². The lowest BCUT2D eigenvalue weighted by molar-refractivity contribution is 0.0607. The number of ether oxygens (including phenoxy) is 1. The van der Waals surface area contributed by atoms with Gasteiger partial charge in [0.25, 0.3) is 0 Å². The zero-order valence-electron chi connectivity index (χ0n) is 9.33. The third kappa shape index (κ3) is 2.53. The van der Waals surface area contributed by atoms with E-state index in [-0.39, 0.29) is 0 Å². The van der Waals surface area contributed by atoms with E-state index < -0.39 is 5.97 Å². The third-order valence-electron chi connectivity index (χ3n) is 2.48. The van der Waals surface area contributed by atoms with Crippen LogP contribution in [-0.2, 0) is 4.74 Å². The minimum atomic E-state index is -0.398. The van der Waals surface area contributed by atoms with Gasteiger partial charge in [0.15, 0.2) is 0 Å². The van der Waals surface area contributed by atoms with E-state index in [0.717, 1.165) is 28.3 Å². The number of esters is 1. The molecule has 1 aromatic rings. The molecule has 2 N–H and O–H groups in total. The maximum Gasteiger partial charge on any atom is 0.350 e. The molecule has 1 aliphatic carbocycles. The number of rotatable bonds is 2. The molecule has 0 saturated heterocycles. The molecule has 0 aliphatic heterocycles. The highest BCUT2D eigenvalue weighted by Crippen LogP contribution is 2.34. The number of halogens is 1. The van der Waals surface area contributed by atoms with Crippen LogP contribution in [0, 0.1) is 0 Å². The van der Waals surface area contributed by atoms with Crippen molar-refractivity contribution < 1.29 is 9.53 Å². The summed E-state index contributed by atoms with van der Waals surface area (Å²) in [6.07, 6.45) is 5.79. The Labute approximate surface area is 109 Å². The lowest BCUT2D eigenvalue weighted by Crippen LogP contribution is -2.00. The van der Waals surface area contributed by atoms with Crippen LogP contribution in [0.3, 0.4) is 0 Å². The van der Waals surface area contributed by atoms with Crippen molar-refractivity contribution >= 4 is 40.2 Å². The standard InChI is InChI=1S/C12H12ClNO2S/c1-16-12(15)11-9(14)6-10(17-11)7-3-2-4-8(13)5-7/h3,5-6H,2,4,14H2,1H3. The summed E-state index contributed by atoms with van der Waals surface area (Å²) < 4.78 is 4.67. The van der Waals surface area contributed by atoms with Gasteiger partial charge >= 0.3 is 5.97 Å². The van der Waals surface area contributed by atoms with E-state index >= 15 is 0 Å². The fourth-order valence-corrected chi connectivity index (χ4v) is 2.87. The van der Waals surface area contributed by atoms with Gasteiger partial charge in [0, 0.05) is 9.91 Å². The summed E-state index contributed by atoms with van der Waals surface area (Å²) in [6.45, 7) is 0. The second-order valence-corrected chi connectivity index (χ2v) is 5.21. The molecule has 0 fully saturated rings. The minimum absolute atomic E-state index is 0.398. The van der Waals surface area contributed by atoms with Crippen LogP contribution >= 0.6 is 22.9 Å². The second-order valence-electron chi connectivity index (χ2n) is 3.68. The average Bonchev–Trinajstić information content (AvgIpc) is 2.70. The van der Waals surface area contributed by atoms with Crippen LogP contribution in [-0.4, -0.2) is 13.1 Å². The molecule has 0 atom stereocenters. The normalized spacial score (nSPS) is 15.2. The number of nitrogens with two attached hydrogens (primary N) is 1. The number of thiophene rings is 1. The fourth-order valence-electron chi connectivity index (χ4n) is 1.64. The molecule has 1 aliphatic rings. The van der Waals surface area contributed by atoms with Crippen LogP contribution in [0.1, 0.15) is 27.4 Å². The summed E-state index contributed by atoms with van der Waals surface area (Å²) in [5, 5.41) is 0.828. The fraction of sp³-hybridized carbons (Fsp3) is 0.250. The van der Waals surface area contributed by atoms with E-state index in [9.17, 15) is 4.79 Å². The summed E-state index contributed by atoms with van der Waals surface area (Å²) >= 11 is 7.33. The van der Waals surface area contributed by atoms with Crippen molar-refractivity contribution in [2.24, 2.45) is 0 Å². The maximum absolute atomic E-state index is 11.4. The van der Waals surface area contributed by atoms with Crippen LogP contribution < -0.4 is 5.73 Å². The second kappa shape index (κ2) is 4.94. The monoisotopic (exact) mass is 269 g/mol. The van der Waals surface area contributed by atoms with Gasteiger partial charge in [-0.2, -0.15) is 0 Å². The van der Waals surface area contributed by atoms with E-state index in [4.69, 9.17) is 17.3 Å². The number of hydrogen-bond acceptors (Lipinski definition) is 4. The number of carbonyl (C=O) groups excluding carboxylic acids is 1. The molecular weight excluding hydrogens is 258 g/mol. The number of hydrogen-bond donors (Lipinski definition) is 1. The number of methoxy groups -OCH3 is 1. The Bertz CT molecular complexity index is 517. The molecular formula is C12H12ClNO2S. The van der Waals surface area contributed by atoms with Crippen LogP contribution in [0.5, 0.6) is 0 Å². The van der Waals surface area contributed by atoms with E-state index in [1.54, 1.807) is 6.07 Å². The zero-order valence-corrected chi connectivity index (χ0v) is 10.9. The first-order valence-electron chi connectivity index (χ1n) is 5.16. The van der Waals surface area contributed by atoms with Crippen molar-refractivity contribution in [3.63, 3.8) is 0 Å². The van der Waals surface area contributed by atoms with E-state index in [1.807, 2.05) is 6.08 Å². The van der Waals surface area contributed by atoms with E-state index in [2.05, 4.69) is 10.8 Å². The van der Waals surface area contributed by atoms with Crippen molar-refractivity contribution in [2.45, 2.75) is 12.8 Å². The number of allylic oxidation sites excluding steroid dienone is 4. The maximum atomic E-state index is 11.4. The molecule has 1 heterocycles. The van der Waals surface area contributed by atoms with Crippen LogP contribution in [0.2, 0.25) is 0 Å². The predicted molar refractivity (Wildman–Crippen MR) is 71.2 cm³/mol. The van der Waals surface area contributed by atoms with Crippen molar-refractivity contribution in [3.8, 4) is 0 Å². The Morgan fingerprint density at radius 3 is 3.00 bits per heavy atom. The molecule has 1 aromatic heterocycles. The molecule has 0 radical (unpaired) electrons. The van der Waals surface area contributed by atoms with Gasteiger partial charge in [0.05, 0.1) is 12.8 Å². The Balaban J connectivity index is 2.35. The topological polar surface area (TPSA) is 52.3 Å². The van der Waals surface area contributed by atoms with Gasteiger partial charge in [0.2, 0.25) is 0 Å². The molecule has 2 rings (SSSR count). The molecule has 17 heavy (non-hydrogen) atoms. The smallest absolute Gasteiger partial charge is 0.350 e. The zero-order chi connectivity index (χ0) is 12.4. The summed E-state index contributed by atoms with van der Waals surface area (Å²) in [5.41, 5.74) is 7.26. The first-order valence-corrected chi connectivity index (χ1v) is 6.35. The molecule has 0 spiro atoms. The van der Waals surface area contributed by atoms with Crippen molar-refractivity contribution in [1.82, 2.24) is 0 Å². The summed E-state index contributed by atoms with van der Waals surface area (Å²) in [7, 11) is 1.35. The average molecular weight is 270 g/mol. The van der Waals surface area contributed by atoms with Crippen molar-refractivity contribution in [2.75, 3.05) is 12.8 Å². The van der Waals surface area contributed by atoms with Gasteiger partial charge in [0.1, 0.15) is 4.88 Å². The van der Waals surface area contributed by atoms with Gasteiger partial charge in [-0.3, -0.25) is 0 Å². The lowest BCUT2D eigenvalue weighted by Gasteiger charge is -2.06. The number of anilines is 1. The molecule has 0 aromatic carbocycles. The van der Waals surface area contributed by atoms with E-state index in [1.165, 1.54) is 18.4 Å². The summed E-state index contributed by atoms with van der Waals surface area (Å²) in [5.74, 6) is -0.398. The number of nitrogen functional groups attached to an aromatic ring is 1. The first-order chi connectivity index (χ1) is 8.11. The minimum Gasteiger partial charge on any atom is -0.465 e. The summed E-state index contributed by atoms with van der Waals surface area (Å²) in [6, 6.07) is 1.79. The molecule has 90 valence electrons. The van der Waals surface area contributed by atoms with Gasteiger partial charge in [-0.05, 0) is 30.6 Å². The predicted octanol–water partition coefficient (Wildman–Crippen LogP) is 3.42. The van der Waals surface area contributed by atoms with Gasteiger partial charge in [-0.15, -0.1) is 11.3 Å². The van der Waals surface area contributed by atoms with Crippen LogP contribution in [0.4, 0.5) is 5.69 Å². The number of carbonyl (C=O) groups is 1. The van der Waals surface area contributed by atoms with E-state index in [0.29, 0.717) is 10.6 Å². The summed E-state index contributed by atoms with van der Waals surface area (Å²) in [4.78, 5) is 12.8. The highest BCUT2D eigenvalue weighted by atomic mass is 35.5. The SMILES string of the molecule is COC(=O)c1sc(C2=CCCC(Cl)=C2)cc1N.